The first-order valence-electron chi connectivity index (χ1n) is 5.18. The van der Waals surface area contributed by atoms with Crippen LogP contribution in [0.3, 0.4) is 0 Å². The fraction of sp³-hybridized carbons (Fsp3) is 0.889. The van der Waals surface area contributed by atoms with Crippen molar-refractivity contribution in [1.29, 1.82) is 0 Å². The van der Waals surface area contributed by atoms with Crippen LogP contribution in [0.2, 0.25) is 0 Å². The maximum atomic E-state index is 11.3. The summed E-state index contributed by atoms with van der Waals surface area (Å²) >= 11 is 0. The molecule has 1 aliphatic rings. The summed E-state index contributed by atoms with van der Waals surface area (Å²) in [4.78, 5) is 13.2. The van der Waals surface area contributed by atoms with Crippen LogP contribution in [0.25, 0.3) is 0 Å². The Hall–Kier alpha value is -0.810. The van der Waals surface area contributed by atoms with Gasteiger partial charge < -0.3 is 21.3 Å². The van der Waals surface area contributed by atoms with E-state index in [9.17, 15) is 4.79 Å². The number of hydrogen-bond acceptors (Lipinski definition) is 3. The van der Waals surface area contributed by atoms with Gasteiger partial charge in [0.1, 0.15) is 0 Å². The first-order chi connectivity index (χ1) is 6.77. The van der Waals surface area contributed by atoms with Crippen molar-refractivity contribution in [2.75, 3.05) is 33.2 Å². The molecule has 1 saturated heterocycles. The van der Waals surface area contributed by atoms with Crippen molar-refractivity contribution in [3.05, 3.63) is 0 Å². The van der Waals surface area contributed by atoms with Crippen LogP contribution in [0.4, 0.5) is 4.79 Å². The van der Waals surface area contributed by atoms with Gasteiger partial charge in [-0.05, 0) is 12.8 Å². The van der Waals surface area contributed by atoms with Gasteiger partial charge in [0.2, 0.25) is 0 Å². The zero-order chi connectivity index (χ0) is 10.4. The zero-order valence-electron chi connectivity index (χ0n) is 8.75. The second-order valence-electron chi connectivity index (χ2n) is 3.58. The van der Waals surface area contributed by atoms with Crippen molar-refractivity contribution >= 4 is 6.03 Å². The number of rotatable bonds is 3. The fourth-order valence-electron chi connectivity index (χ4n) is 1.77. The minimum Gasteiger partial charge on any atom is -0.341 e. The Labute approximate surface area is 85.0 Å². The van der Waals surface area contributed by atoms with Gasteiger partial charge in [-0.25, -0.2) is 4.79 Å². The first-order valence-corrected chi connectivity index (χ1v) is 5.18. The molecule has 1 fully saturated rings. The molecule has 0 bridgehead atoms. The van der Waals surface area contributed by atoms with Crippen molar-refractivity contribution in [1.82, 2.24) is 15.5 Å². The lowest BCUT2D eigenvalue weighted by atomic mass is 10.1. The molecule has 5 heteroatoms. The van der Waals surface area contributed by atoms with E-state index < -0.39 is 0 Å². The Morgan fingerprint density at radius 2 is 2.43 bits per heavy atom. The maximum Gasteiger partial charge on any atom is 0.317 e. The van der Waals surface area contributed by atoms with Gasteiger partial charge >= 0.3 is 6.03 Å². The summed E-state index contributed by atoms with van der Waals surface area (Å²) in [6, 6.07) is 0.425. The van der Waals surface area contributed by atoms with Crippen LogP contribution in [-0.4, -0.2) is 50.2 Å². The summed E-state index contributed by atoms with van der Waals surface area (Å²) in [7, 11) is 1.67. The average Bonchev–Trinajstić information content (AvgIpc) is 2.25. The molecule has 0 aromatic rings. The average molecular weight is 200 g/mol. The smallest absolute Gasteiger partial charge is 0.317 e. The topological polar surface area (TPSA) is 70.4 Å². The molecule has 1 heterocycles. The number of urea groups is 1. The second kappa shape index (κ2) is 5.82. The fourth-order valence-corrected chi connectivity index (χ4v) is 1.77. The molecule has 0 aromatic carbocycles. The van der Waals surface area contributed by atoms with E-state index in [-0.39, 0.29) is 6.03 Å². The molecular weight excluding hydrogens is 180 g/mol. The normalized spacial score (nSPS) is 22.1. The molecule has 4 N–H and O–H groups in total. The molecule has 0 radical (unpaired) electrons. The highest BCUT2D eigenvalue weighted by Gasteiger charge is 2.21. The minimum absolute atomic E-state index is 0.0178. The van der Waals surface area contributed by atoms with Crippen molar-refractivity contribution in [3.8, 4) is 0 Å². The van der Waals surface area contributed by atoms with E-state index in [1.165, 1.54) is 0 Å². The largest absolute Gasteiger partial charge is 0.341 e. The van der Waals surface area contributed by atoms with E-state index in [2.05, 4.69) is 10.6 Å². The van der Waals surface area contributed by atoms with Crippen LogP contribution in [-0.2, 0) is 0 Å². The van der Waals surface area contributed by atoms with Crippen molar-refractivity contribution in [2.24, 2.45) is 5.73 Å². The third-order valence-electron chi connectivity index (χ3n) is 2.50. The summed E-state index contributed by atoms with van der Waals surface area (Å²) in [5, 5.41) is 5.98. The second-order valence-corrected chi connectivity index (χ2v) is 3.58. The molecule has 0 aliphatic carbocycles. The molecule has 1 atom stereocenters. The number of amides is 2. The predicted molar refractivity (Wildman–Crippen MR) is 56.1 cm³/mol. The van der Waals surface area contributed by atoms with Crippen molar-refractivity contribution < 1.29 is 4.79 Å². The summed E-state index contributed by atoms with van der Waals surface area (Å²) in [5.74, 6) is 0. The highest BCUT2D eigenvalue weighted by molar-refractivity contribution is 5.73. The highest BCUT2D eigenvalue weighted by Crippen LogP contribution is 2.09. The van der Waals surface area contributed by atoms with Crippen LogP contribution in [0.1, 0.15) is 12.8 Å². The van der Waals surface area contributed by atoms with Crippen LogP contribution in [0, 0.1) is 0 Å². The first kappa shape index (κ1) is 11.3. The molecule has 5 nitrogen and oxygen atoms in total. The summed E-state index contributed by atoms with van der Waals surface area (Å²) in [6.45, 7) is 3.13. The maximum absolute atomic E-state index is 11.3. The number of likely N-dealkylation sites (tertiary alicyclic amines) is 1. The zero-order valence-corrected chi connectivity index (χ0v) is 8.75. The number of nitrogens with one attached hydrogen (secondary N) is 2. The van der Waals surface area contributed by atoms with E-state index in [0.717, 1.165) is 32.5 Å². The number of carbonyl (C=O) groups excluding carboxylic acids is 1. The number of nitrogens with two attached hydrogens (primary N) is 1. The lowest BCUT2D eigenvalue weighted by molar-refractivity contribution is 0.175. The van der Waals surface area contributed by atoms with Gasteiger partial charge in [-0.2, -0.15) is 0 Å². The summed E-state index contributed by atoms with van der Waals surface area (Å²) < 4.78 is 0. The summed E-state index contributed by atoms with van der Waals surface area (Å²) in [6.07, 6.45) is 2.20. The van der Waals surface area contributed by atoms with Gasteiger partial charge in [0.15, 0.2) is 0 Å². The number of nitrogens with zero attached hydrogens (tertiary/aromatic N) is 1. The Morgan fingerprint density at radius 1 is 1.64 bits per heavy atom. The highest BCUT2D eigenvalue weighted by atomic mass is 16.2. The molecule has 0 spiro atoms. The third-order valence-corrected chi connectivity index (χ3v) is 2.50. The minimum atomic E-state index is 0.0178. The Balaban J connectivity index is 2.31. The molecule has 0 aromatic heterocycles. The van der Waals surface area contributed by atoms with Crippen molar-refractivity contribution in [2.45, 2.75) is 18.9 Å². The Morgan fingerprint density at radius 3 is 3.07 bits per heavy atom. The van der Waals surface area contributed by atoms with Crippen LogP contribution in [0.5, 0.6) is 0 Å². The standard InChI is InChI=1S/C9H20N4O/c1-11-9(14)13-6-2-3-8(7-13)12-5-4-10/h8,12H,2-7,10H2,1H3,(H,11,14). The molecular formula is C9H20N4O. The Kier molecular flexibility index (Phi) is 4.69. The van der Waals surface area contributed by atoms with Gasteiger partial charge in [-0.1, -0.05) is 0 Å². The molecule has 0 saturated carbocycles. The van der Waals surface area contributed by atoms with Gasteiger partial charge in [-0.15, -0.1) is 0 Å². The van der Waals surface area contributed by atoms with Crippen molar-refractivity contribution in [3.63, 3.8) is 0 Å². The summed E-state index contributed by atoms with van der Waals surface area (Å²) in [5.41, 5.74) is 5.41. The Bertz CT molecular complexity index is 186. The van der Waals surface area contributed by atoms with Crippen LogP contribution >= 0.6 is 0 Å². The van der Waals surface area contributed by atoms with Gasteiger partial charge in [0.05, 0.1) is 0 Å². The van der Waals surface area contributed by atoms with Gasteiger partial charge in [-0.3, -0.25) is 0 Å². The lowest BCUT2D eigenvalue weighted by Crippen LogP contribution is -2.51. The predicted octanol–water partition coefficient (Wildman–Crippen LogP) is -0.661. The molecule has 1 aliphatic heterocycles. The van der Waals surface area contributed by atoms with Gasteiger partial charge in [0, 0.05) is 39.3 Å². The molecule has 1 rings (SSSR count). The van der Waals surface area contributed by atoms with Crippen LogP contribution < -0.4 is 16.4 Å². The number of hydrogen-bond donors (Lipinski definition) is 3. The molecule has 82 valence electrons. The molecule has 1 unspecified atom stereocenters. The SMILES string of the molecule is CNC(=O)N1CCCC(NCCN)C1. The van der Waals surface area contributed by atoms with E-state index in [1.54, 1.807) is 7.05 Å². The van der Waals surface area contributed by atoms with E-state index in [4.69, 9.17) is 5.73 Å². The monoisotopic (exact) mass is 200 g/mol. The third kappa shape index (κ3) is 3.16. The molecule has 14 heavy (non-hydrogen) atoms. The van der Waals surface area contributed by atoms with E-state index >= 15 is 0 Å². The van der Waals surface area contributed by atoms with E-state index in [1.807, 2.05) is 4.90 Å². The lowest BCUT2D eigenvalue weighted by Gasteiger charge is -2.32. The van der Waals surface area contributed by atoms with Crippen LogP contribution in [0.15, 0.2) is 0 Å². The number of piperidine rings is 1. The van der Waals surface area contributed by atoms with E-state index in [0.29, 0.717) is 12.6 Å². The number of carbonyl (C=O) groups is 1. The van der Waals surface area contributed by atoms with Gasteiger partial charge in [0.25, 0.3) is 0 Å². The quantitative estimate of drug-likeness (QED) is 0.566. The molecule has 2 amide bonds.